The van der Waals surface area contributed by atoms with Crippen LogP contribution in [0.1, 0.15) is 38.2 Å². The third kappa shape index (κ3) is 2.75. The maximum absolute atomic E-state index is 5.98. The summed E-state index contributed by atoms with van der Waals surface area (Å²) in [5, 5.41) is 9.01. The highest BCUT2D eigenvalue weighted by Gasteiger charge is 2.38. The second kappa shape index (κ2) is 6.35. The number of hydroxylamine groups is 1. The Balaban J connectivity index is 1.64. The number of hydrogen-bond acceptors (Lipinski definition) is 6. The van der Waals surface area contributed by atoms with E-state index in [2.05, 4.69) is 38.9 Å². The second-order valence-corrected chi connectivity index (χ2v) is 7.14. The Morgan fingerprint density at radius 2 is 2.04 bits per heavy atom. The Labute approximate surface area is 157 Å². The summed E-state index contributed by atoms with van der Waals surface area (Å²) in [5.41, 5.74) is 7.75. The van der Waals surface area contributed by atoms with E-state index in [9.17, 15) is 0 Å². The molecule has 0 unspecified atom stereocenters. The summed E-state index contributed by atoms with van der Waals surface area (Å²) in [7, 11) is 0. The van der Waals surface area contributed by atoms with Crippen LogP contribution in [0.2, 0.25) is 0 Å². The van der Waals surface area contributed by atoms with Gasteiger partial charge in [0.1, 0.15) is 5.60 Å². The van der Waals surface area contributed by atoms with Gasteiger partial charge in [-0.2, -0.15) is 5.10 Å². The molecule has 3 aromatic heterocycles. The molecule has 1 aliphatic heterocycles. The van der Waals surface area contributed by atoms with Crippen LogP contribution in [0, 0.1) is 0 Å². The van der Waals surface area contributed by atoms with E-state index in [1.807, 2.05) is 29.2 Å². The largest absolute Gasteiger partial charge is 0.354 e. The SMILES string of the molecule is CCn1ncc2c(Nc3ccncc3)c(C3=CC4(CCCC4)ON3)cnc21. The monoisotopic (exact) mass is 362 g/mol. The van der Waals surface area contributed by atoms with Crippen LogP contribution in [0.25, 0.3) is 16.7 Å². The van der Waals surface area contributed by atoms with Crippen molar-refractivity contribution in [1.29, 1.82) is 0 Å². The van der Waals surface area contributed by atoms with Crippen LogP contribution in [-0.4, -0.2) is 25.3 Å². The molecular weight excluding hydrogens is 340 g/mol. The Bertz CT molecular complexity index is 1000. The molecule has 4 heterocycles. The molecule has 1 aliphatic carbocycles. The lowest BCUT2D eigenvalue weighted by atomic mass is 9.99. The number of nitrogens with one attached hydrogen (secondary N) is 2. The molecule has 0 amide bonds. The first-order valence-electron chi connectivity index (χ1n) is 9.47. The average Bonchev–Trinajstić information content (AvgIpc) is 3.44. The van der Waals surface area contributed by atoms with Gasteiger partial charge in [0.15, 0.2) is 5.65 Å². The summed E-state index contributed by atoms with van der Waals surface area (Å²) in [6, 6.07) is 3.90. The first-order valence-corrected chi connectivity index (χ1v) is 9.47. The molecule has 1 spiro atoms. The standard InChI is InChI=1S/C20H22N6O/c1-2-26-19-16(13-23-26)18(24-14-5-9-21-10-6-14)15(12-22-19)17-11-20(27-25-17)7-3-4-8-20/h5-6,9-13,25H,2-4,7-8H2,1H3,(H,21,22,24). The number of fused-ring (bicyclic) bond motifs is 1. The molecule has 3 aromatic rings. The normalized spacial score (nSPS) is 18.0. The lowest BCUT2D eigenvalue weighted by Crippen LogP contribution is -2.25. The van der Waals surface area contributed by atoms with Gasteiger partial charge < -0.3 is 5.32 Å². The maximum Gasteiger partial charge on any atom is 0.159 e. The van der Waals surface area contributed by atoms with E-state index in [1.165, 1.54) is 12.8 Å². The second-order valence-electron chi connectivity index (χ2n) is 7.14. The molecule has 0 aromatic carbocycles. The van der Waals surface area contributed by atoms with Crippen molar-refractivity contribution in [3.05, 3.63) is 48.6 Å². The first-order chi connectivity index (χ1) is 13.3. The number of aromatic nitrogens is 4. The maximum atomic E-state index is 5.98. The number of anilines is 2. The predicted octanol–water partition coefficient (Wildman–Crippen LogP) is 3.78. The lowest BCUT2D eigenvalue weighted by molar-refractivity contribution is -0.0289. The molecule has 0 radical (unpaired) electrons. The van der Waals surface area contributed by atoms with E-state index in [-0.39, 0.29) is 5.60 Å². The minimum absolute atomic E-state index is 0.175. The van der Waals surface area contributed by atoms with E-state index < -0.39 is 0 Å². The van der Waals surface area contributed by atoms with Gasteiger partial charge in [0.05, 0.1) is 23.0 Å². The summed E-state index contributed by atoms with van der Waals surface area (Å²) in [4.78, 5) is 14.8. The molecule has 2 aliphatic rings. The number of nitrogens with zero attached hydrogens (tertiary/aromatic N) is 4. The van der Waals surface area contributed by atoms with Gasteiger partial charge in [0.2, 0.25) is 0 Å². The van der Waals surface area contributed by atoms with Crippen LogP contribution in [0.5, 0.6) is 0 Å². The van der Waals surface area contributed by atoms with Gasteiger partial charge >= 0.3 is 0 Å². The van der Waals surface area contributed by atoms with Gasteiger partial charge in [0.25, 0.3) is 0 Å². The molecule has 0 bridgehead atoms. The van der Waals surface area contributed by atoms with Gasteiger partial charge in [-0.1, -0.05) is 12.8 Å². The van der Waals surface area contributed by atoms with Crippen LogP contribution < -0.4 is 10.8 Å². The van der Waals surface area contributed by atoms with Gasteiger partial charge in [-0.15, -0.1) is 0 Å². The van der Waals surface area contributed by atoms with Crippen LogP contribution in [0.3, 0.4) is 0 Å². The molecular formula is C20H22N6O. The van der Waals surface area contributed by atoms with E-state index in [4.69, 9.17) is 4.84 Å². The summed E-state index contributed by atoms with van der Waals surface area (Å²) in [6.07, 6.45) is 14.1. The van der Waals surface area contributed by atoms with Crippen molar-refractivity contribution in [2.24, 2.45) is 0 Å². The third-order valence-electron chi connectivity index (χ3n) is 5.43. The van der Waals surface area contributed by atoms with Crippen molar-refractivity contribution in [2.75, 3.05) is 5.32 Å². The van der Waals surface area contributed by atoms with Crippen LogP contribution >= 0.6 is 0 Å². The highest BCUT2D eigenvalue weighted by Crippen LogP contribution is 2.41. The molecule has 7 heteroatoms. The number of rotatable bonds is 4. The Morgan fingerprint density at radius 3 is 2.81 bits per heavy atom. The number of aryl methyl sites for hydroxylation is 1. The Morgan fingerprint density at radius 1 is 1.22 bits per heavy atom. The molecule has 27 heavy (non-hydrogen) atoms. The predicted molar refractivity (Wildman–Crippen MR) is 104 cm³/mol. The summed E-state index contributed by atoms with van der Waals surface area (Å²) in [5.74, 6) is 0. The molecule has 7 nitrogen and oxygen atoms in total. The van der Waals surface area contributed by atoms with Crippen molar-refractivity contribution in [3.63, 3.8) is 0 Å². The van der Waals surface area contributed by atoms with Gasteiger partial charge in [-0.05, 0) is 38.0 Å². The van der Waals surface area contributed by atoms with Crippen molar-refractivity contribution >= 4 is 28.1 Å². The minimum Gasteiger partial charge on any atom is -0.354 e. The number of pyridine rings is 2. The van der Waals surface area contributed by atoms with Gasteiger partial charge in [0, 0.05) is 36.4 Å². The highest BCUT2D eigenvalue weighted by atomic mass is 16.7. The summed E-state index contributed by atoms with van der Waals surface area (Å²) < 4.78 is 1.91. The molecule has 1 saturated carbocycles. The fraction of sp³-hybridized carbons (Fsp3) is 0.350. The average molecular weight is 362 g/mol. The quantitative estimate of drug-likeness (QED) is 0.736. The Kier molecular flexibility index (Phi) is 3.82. The molecule has 1 fully saturated rings. The van der Waals surface area contributed by atoms with Crippen LogP contribution in [0.15, 0.2) is 43.0 Å². The smallest absolute Gasteiger partial charge is 0.159 e. The van der Waals surface area contributed by atoms with Crippen molar-refractivity contribution < 1.29 is 4.84 Å². The van der Waals surface area contributed by atoms with Crippen LogP contribution in [0.4, 0.5) is 11.4 Å². The van der Waals surface area contributed by atoms with Crippen molar-refractivity contribution in [1.82, 2.24) is 25.2 Å². The molecule has 2 N–H and O–H groups in total. The highest BCUT2D eigenvalue weighted by molar-refractivity contribution is 5.97. The van der Waals surface area contributed by atoms with Gasteiger partial charge in [-0.25, -0.2) is 9.67 Å². The molecule has 0 atom stereocenters. The molecule has 5 rings (SSSR count). The fourth-order valence-electron chi connectivity index (χ4n) is 4.01. The molecule has 0 saturated heterocycles. The van der Waals surface area contributed by atoms with Gasteiger partial charge in [-0.3, -0.25) is 15.3 Å². The topological polar surface area (TPSA) is 76.9 Å². The number of hydrogen-bond donors (Lipinski definition) is 2. The summed E-state index contributed by atoms with van der Waals surface area (Å²) in [6.45, 7) is 2.84. The zero-order valence-electron chi connectivity index (χ0n) is 15.3. The molecule has 138 valence electrons. The van der Waals surface area contributed by atoms with E-state index in [0.29, 0.717) is 0 Å². The van der Waals surface area contributed by atoms with Crippen molar-refractivity contribution in [2.45, 2.75) is 44.8 Å². The lowest BCUT2D eigenvalue weighted by Gasteiger charge is -2.17. The zero-order valence-corrected chi connectivity index (χ0v) is 15.3. The van der Waals surface area contributed by atoms with E-state index in [1.54, 1.807) is 12.4 Å². The summed E-state index contributed by atoms with van der Waals surface area (Å²) >= 11 is 0. The zero-order chi connectivity index (χ0) is 18.3. The Hall–Kier alpha value is -2.93. The minimum atomic E-state index is -0.175. The third-order valence-corrected chi connectivity index (χ3v) is 5.43. The van der Waals surface area contributed by atoms with E-state index >= 15 is 0 Å². The first kappa shape index (κ1) is 16.3. The van der Waals surface area contributed by atoms with E-state index in [0.717, 1.165) is 53.1 Å². The van der Waals surface area contributed by atoms with Crippen LogP contribution in [-0.2, 0) is 11.4 Å². The van der Waals surface area contributed by atoms with Crippen molar-refractivity contribution in [3.8, 4) is 0 Å². The fourth-order valence-corrected chi connectivity index (χ4v) is 4.01.